The van der Waals surface area contributed by atoms with Gasteiger partial charge in [0.05, 0.1) is 0 Å². The van der Waals surface area contributed by atoms with Crippen LogP contribution in [0.2, 0.25) is 0 Å². The van der Waals surface area contributed by atoms with Crippen LogP contribution in [0, 0.1) is 11.6 Å². The first-order chi connectivity index (χ1) is 11.6. The molecule has 0 fully saturated rings. The van der Waals surface area contributed by atoms with Gasteiger partial charge in [0, 0.05) is 19.2 Å². The second kappa shape index (κ2) is 7.46. The van der Waals surface area contributed by atoms with E-state index in [4.69, 9.17) is 14.2 Å². The number of ether oxygens (including phenoxy) is 3. The van der Waals surface area contributed by atoms with E-state index in [2.05, 4.69) is 5.32 Å². The van der Waals surface area contributed by atoms with E-state index < -0.39 is 17.7 Å². The van der Waals surface area contributed by atoms with Crippen LogP contribution in [0.5, 0.6) is 17.2 Å². The molecule has 1 aliphatic heterocycles. The Morgan fingerprint density at radius 3 is 2.75 bits per heavy atom. The zero-order valence-electron chi connectivity index (χ0n) is 12.8. The van der Waals surface area contributed by atoms with Gasteiger partial charge in [0.15, 0.2) is 23.1 Å². The van der Waals surface area contributed by atoms with E-state index in [1.165, 1.54) is 6.07 Å². The molecule has 0 radical (unpaired) electrons. The van der Waals surface area contributed by atoms with Crippen LogP contribution in [0.4, 0.5) is 8.78 Å². The molecule has 0 spiro atoms. The molecule has 1 aliphatic rings. The Labute approximate surface area is 137 Å². The van der Waals surface area contributed by atoms with E-state index in [1.54, 1.807) is 18.2 Å². The van der Waals surface area contributed by atoms with Crippen molar-refractivity contribution in [3.8, 4) is 17.2 Å². The summed E-state index contributed by atoms with van der Waals surface area (Å²) < 4.78 is 41.8. The summed E-state index contributed by atoms with van der Waals surface area (Å²) in [5.74, 6) is 0.0744. The number of nitrogens with one attached hydrogen (secondary N) is 1. The van der Waals surface area contributed by atoms with Gasteiger partial charge in [-0.3, -0.25) is 0 Å². The zero-order chi connectivity index (χ0) is 16.9. The zero-order valence-corrected chi connectivity index (χ0v) is 12.8. The van der Waals surface area contributed by atoms with E-state index >= 15 is 0 Å². The van der Waals surface area contributed by atoms with Crippen molar-refractivity contribution in [1.82, 2.24) is 5.32 Å². The largest absolute Gasteiger partial charge is 0.491 e. The highest BCUT2D eigenvalue weighted by molar-refractivity contribution is 5.46. The van der Waals surface area contributed by atoms with Gasteiger partial charge in [0.2, 0.25) is 6.79 Å². The Hall–Kier alpha value is -2.38. The molecule has 24 heavy (non-hydrogen) atoms. The summed E-state index contributed by atoms with van der Waals surface area (Å²) in [6, 6.07) is 8.86. The van der Waals surface area contributed by atoms with Gasteiger partial charge in [0.25, 0.3) is 0 Å². The van der Waals surface area contributed by atoms with Gasteiger partial charge in [-0.1, -0.05) is 6.07 Å². The Bertz CT molecular complexity index is 711. The first kappa shape index (κ1) is 16.5. The molecule has 0 aromatic heterocycles. The molecule has 2 aromatic carbocycles. The fourth-order valence-corrected chi connectivity index (χ4v) is 2.25. The fourth-order valence-electron chi connectivity index (χ4n) is 2.25. The molecular weight excluding hydrogens is 320 g/mol. The predicted octanol–water partition coefficient (Wildman–Crippen LogP) is 2.22. The summed E-state index contributed by atoms with van der Waals surface area (Å²) in [5, 5.41) is 12.9. The van der Waals surface area contributed by atoms with Gasteiger partial charge in [-0.05, 0) is 29.8 Å². The maximum Gasteiger partial charge on any atom is 0.231 e. The predicted molar refractivity (Wildman–Crippen MR) is 82.1 cm³/mol. The third-order valence-electron chi connectivity index (χ3n) is 3.48. The van der Waals surface area contributed by atoms with Crippen LogP contribution in [0.15, 0.2) is 36.4 Å². The van der Waals surface area contributed by atoms with Crippen LogP contribution in [0.3, 0.4) is 0 Å². The number of fused-ring (bicyclic) bond motifs is 1. The quantitative estimate of drug-likeness (QED) is 0.811. The molecule has 0 saturated heterocycles. The summed E-state index contributed by atoms with van der Waals surface area (Å²) in [6.45, 7) is 0.849. The topological polar surface area (TPSA) is 60.0 Å². The lowest BCUT2D eigenvalue weighted by Crippen LogP contribution is -2.31. The highest BCUT2D eigenvalue weighted by Gasteiger charge is 2.14. The average Bonchev–Trinajstić information content (AvgIpc) is 3.04. The minimum absolute atomic E-state index is 0.0877. The van der Waals surface area contributed by atoms with Crippen LogP contribution < -0.4 is 19.5 Å². The number of aliphatic hydroxyl groups is 1. The average molecular weight is 337 g/mol. The molecule has 0 unspecified atom stereocenters. The number of halogens is 2. The molecule has 128 valence electrons. The summed E-state index contributed by atoms with van der Waals surface area (Å²) in [6.07, 6.45) is -0.749. The Balaban J connectivity index is 1.41. The maximum absolute atomic E-state index is 13.1. The molecule has 0 aliphatic carbocycles. The lowest BCUT2D eigenvalue weighted by Gasteiger charge is -2.13. The minimum atomic E-state index is -0.888. The number of benzene rings is 2. The van der Waals surface area contributed by atoms with Gasteiger partial charge in [0.1, 0.15) is 18.5 Å². The monoisotopic (exact) mass is 337 g/mol. The summed E-state index contributed by atoms with van der Waals surface area (Å²) >= 11 is 0. The van der Waals surface area contributed by atoms with Crippen molar-refractivity contribution in [1.29, 1.82) is 0 Å². The smallest absolute Gasteiger partial charge is 0.231 e. The molecule has 0 amide bonds. The Kier molecular flexibility index (Phi) is 5.12. The van der Waals surface area contributed by atoms with Crippen molar-refractivity contribution in [2.24, 2.45) is 0 Å². The second-order valence-electron chi connectivity index (χ2n) is 5.36. The molecule has 2 N–H and O–H groups in total. The summed E-state index contributed by atoms with van der Waals surface area (Å²) in [7, 11) is 0. The number of hydrogen-bond donors (Lipinski definition) is 2. The molecule has 2 aromatic rings. The van der Waals surface area contributed by atoms with Gasteiger partial charge >= 0.3 is 0 Å². The van der Waals surface area contributed by atoms with Crippen molar-refractivity contribution in [3.63, 3.8) is 0 Å². The molecule has 0 saturated carbocycles. The Morgan fingerprint density at radius 1 is 1.08 bits per heavy atom. The molecule has 1 atom stereocenters. The molecular formula is C17H17F2NO4. The SMILES string of the molecule is O[C@@H](CNCc1ccc(F)c(F)c1)COc1ccc2c(c1)OCO2. The summed E-state index contributed by atoms with van der Waals surface area (Å²) in [5.41, 5.74) is 0.595. The van der Waals surface area contributed by atoms with Crippen LogP contribution in [0.25, 0.3) is 0 Å². The molecule has 0 bridgehead atoms. The minimum Gasteiger partial charge on any atom is -0.491 e. The fraction of sp³-hybridized carbons (Fsp3) is 0.294. The lowest BCUT2D eigenvalue weighted by atomic mass is 10.2. The van der Waals surface area contributed by atoms with Gasteiger partial charge < -0.3 is 24.6 Å². The molecule has 1 heterocycles. The van der Waals surface area contributed by atoms with Crippen LogP contribution >= 0.6 is 0 Å². The van der Waals surface area contributed by atoms with Crippen LogP contribution in [-0.4, -0.2) is 31.2 Å². The highest BCUT2D eigenvalue weighted by atomic mass is 19.2. The number of rotatable bonds is 7. The van der Waals surface area contributed by atoms with Gasteiger partial charge in [-0.2, -0.15) is 0 Å². The van der Waals surface area contributed by atoms with Crippen molar-refractivity contribution < 1.29 is 28.1 Å². The van der Waals surface area contributed by atoms with Crippen molar-refractivity contribution >= 4 is 0 Å². The molecule has 5 nitrogen and oxygen atoms in total. The van der Waals surface area contributed by atoms with Crippen molar-refractivity contribution in [2.75, 3.05) is 19.9 Å². The third-order valence-corrected chi connectivity index (χ3v) is 3.48. The lowest BCUT2D eigenvalue weighted by molar-refractivity contribution is 0.106. The Morgan fingerprint density at radius 2 is 1.92 bits per heavy atom. The molecule has 7 heteroatoms. The first-order valence-corrected chi connectivity index (χ1v) is 7.47. The standard InChI is InChI=1S/C17H17F2NO4/c18-14-3-1-11(5-15(14)19)7-20-8-12(21)9-22-13-2-4-16-17(6-13)24-10-23-16/h1-6,12,20-21H,7-10H2/t12-/m0/s1. The summed E-state index contributed by atoms with van der Waals surface area (Å²) in [4.78, 5) is 0. The first-order valence-electron chi connectivity index (χ1n) is 7.47. The van der Waals surface area contributed by atoms with Gasteiger partial charge in [-0.15, -0.1) is 0 Å². The van der Waals surface area contributed by atoms with Crippen LogP contribution in [-0.2, 0) is 6.54 Å². The van der Waals surface area contributed by atoms with E-state index in [-0.39, 0.29) is 19.9 Å². The van der Waals surface area contributed by atoms with E-state index in [9.17, 15) is 13.9 Å². The third kappa shape index (κ3) is 4.12. The number of hydrogen-bond acceptors (Lipinski definition) is 5. The number of aliphatic hydroxyl groups excluding tert-OH is 1. The highest BCUT2D eigenvalue weighted by Crippen LogP contribution is 2.35. The second-order valence-corrected chi connectivity index (χ2v) is 5.36. The maximum atomic E-state index is 13.1. The van der Waals surface area contributed by atoms with Gasteiger partial charge in [-0.25, -0.2) is 8.78 Å². The van der Waals surface area contributed by atoms with Crippen molar-refractivity contribution in [2.45, 2.75) is 12.6 Å². The van der Waals surface area contributed by atoms with E-state index in [0.29, 0.717) is 29.4 Å². The van der Waals surface area contributed by atoms with E-state index in [0.717, 1.165) is 12.1 Å². The normalized spacial score (nSPS) is 13.8. The molecule has 3 rings (SSSR count). The van der Waals surface area contributed by atoms with Crippen molar-refractivity contribution in [3.05, 3.63) is 53.6 Å². The van der Waals surface area contributed by atoms with E-state index in [1.807, 2.05) is 0 Å². The van der Waals surface area contributed by atoms with Crippen LogP contribution in [0.1, 0.15) is 5.56 Å².